The lowest BCUT2D eigenvalue weighted by Crippen LogP contribution is -2.22. The maximum absolute atomic E-state index is 9.40. The summed E-state index contributed by atoms with van der Waals surface area (Å²) < 4.78 is 0. The van der Waals surface area contributed by atoms with E-state index >= 15 is 0 Å². The highest BCUT2D eigenvalue weighted by molar-refractivity contribution is 4.69. The molecule has 0 aliphatic rings. The largest absolute Gasteiger partial charge is 0.393 e. The zero-order chi connectivity index (χ0) is 9.72. The second-order valence-electron chi connectivity index (χ2n) is 4.21. The summed E-state index contributed by atoms with van der Waals surface area (Å²) in [6, 6.07) is 0. The molecule has 0 radical (unpaired) electrons. The van der Waals surface area contributed by atoms with Gasteiger partial charge in [-0.1, -0.05) is 13.8 Å². The SMILES string of the molecule is CC(C)CC(CC(C)O)C(C)O. The van der Waals surface area contributed by atoms with Gasteiger partial charge in [-0.25, -0.2) is 0 Å². The van der Waals surface area contributed by atoms with E-state index in [0.717, 1.165) is 6.42 Å². The number of rotatable bonds is 5. The molecule has 0 saturated heterocycles. The molecule has 0 aromatic rings. The van der Waals surface area contributed by atoms with Crippen molar-refractivity contribution in [1.82, 2.24) is 0 Å². The summed E-state index contributed by atoms with van der Waals surface area (Å²) >= 11 is 0. The molecule has 0 aliphatic carbocycles. The molecule has 0 fully saturated rings. The van der Waals surface area contributed by atoms with Crippen molar-refractivity contribution in [2.75, 3.05) is 0 Å². The van der Waals surface area contributed by atoms with Crippen molar-refractivity contribution in [3.63, 3.8) is 0 Å². The Balaban J connectivity index is 3.87. The molecule has 2 N–H and O–H groups in total. The molecule has 0 rings (SSSR count). The lowest BCUT2D eigenvalue weighted by molar-refractivity contribution is 0.0678. The van der Waals surface area contributed by atoms with E-state index in [0.29, 0.717) is 12.3 Å². The minimum Gasteiger partial charge on any atom is -0.393 e. The van der Waals surface area contributed by atoms with Crippen molar-refractivity contribution in [3.05, 3.63) is 0 Å². The molecule has 0 aromatic carbocycles. The van der Waals surface area contributed by atoms with Gasteiger partial charge in [-0.2, -0.15) is 0 Å². The first-order valence-electron chi connectivity index (χ1n) is 4.79. The normalized spacial score (nSPS) is 19.2. The van der Waals surface area contributed by atoms with Crippen LogP contribution in [0.1, 0.15) is 40.5 Å². The van der Waals surface area contributed by atoms with Crippen LogP contribution in [0, 0.1) is 11.8 Å². The first kappa shape index (κ1) is 11.9. The zero-order valence-corrected chi connectivity index (χ0v) is 8.62. The second-order valence-corrected chi connectivity index (χ2v) is 4.21. The van der Waals surface area contributed by atoms with E-state index in [9.17, 15) is 10.2 Å². The van der Waals surface area contributed by atoms with Gasteiger partial charge >= 0.3 is 0 Å². The summed E-state index contributed by atoms with van der Waals surface area (Å²) in [4.78, 5) is 0. The second kappa shape index (κ2) is 5.55. The fraction of sp³-hybridized carbons (Fsp3) is 1.00. The van der Waals surface area contributed by atoms with Gasteiger partial charge in [-0.05, 0) is 38.5 Å². The van der Waals surface area contributed by atoms with E-state index < -0.39 is 0 Å². The van der Waals surface area contributed by atoms with Gasteiger partial charge in [0.1, 0.15) is 0 Å². The van der Waals surface area contributed by atoms with Crippen molar-refractivity contribution in [3.8, 4) is 0 Å². The molecule has 2 nitrogen and oxygen atoms in total. The predicted octanol–water partition coefficient (Wildman–Crippen LogP) is 1.80. The summed E-state index contributed by atoms with van der Waals surface area (Å²) in [6.45, 7) is 7.85. The van der Waals surface area contributed by atoms with Crippen LogP contribution in [0.2, 0.25) is 0 Å². The van der Waals surface area contributed by atoms with Crippen molar-refractivity contribution in [1.29, 1.82) is 0 Å². The molecule has 0 bridgehead atoms. The van der Waals surface area contributed by atoms with Gasteiger partial charge in [0.05, 0.1) is 12.2 Å². The Kier molecular flexibility index (Phi) is 5.51. The molecular weight excluding hydrogens is 152 g/mol. The van der Waals surface area contributed by atoms with E-state index in [1.54, 1.807) is 13.8 Å². The van der Waals surface area contributed by atoms with Crippen LogP contribution in [0.4, 0.5) is 0 Å². The smallest absolute Gasteiger partial charge is 0.0541 e. The summed E-state index contributed by atoms with van der Waals surface area (Å²) in [5, 5.41) is 18.6. The molecule has 3 atom stereocenters. The highest BCUT2D eigenvalue weighted by Gasteiger charge is 2.18. The Labute approximate surface area is 75.6 Å². The molecule has 0 heterocycles. The maximum Gasteiger partial charge on any atom is 0.0541 e. The molecule has 12 heavy (non-hydrogen) atoms. The fourth-order valence-corrected chi connectivity index (χ4v) is 1.53. The summed E-state index contributed by atoms with van der Waals surface area (Å²) in [7, 11) is 0. The van der Waals surface area contributed by atoms with E-state index in [4.69, 9.17) is 0 Å². The van der Waals surface area contributed by atoms with Gasteiger partial charge < -0.3 is 10.2 Å². The van der Waals surface area contributed by atoms with Crippen LogP contribution in [0.25, 0.3) is 0 Å². The Hall–Kier alpha value is -0.0800. The van der Waals surface area contributed by atoms with Crippen LogP contribution >= 0.6 is 0 Å². The Morgan fingerprint density at radius 1 is 0.917 bits per heavy atom. The summed E-state index contributed by atoms with van der Waals surface area (Å²) in [5.74, 6) is 0.827. The first-order chi connectivity index (χ1) is 5.43. The standard InChI is InChI=1S/C10H22O2/c1-7(2)5-10(9(4)12)6-8(3)11/h7-12H,5-6H2,1-4H3. The summed E-state index contributed by atoms with van der Waals surface area (Å²) in [6.07, 6.45) is 1.09. The lowest BCUT2D eigenvalue weighted by atomic mass is 9.88. The lowest BCUT2D eigenvalue weighted by Gasteiger charge is -2.22. The van der Waals surface area contributed by atoms with E-state index in [1.165, 1.54) is 0 Å². The van der Waals surface area contributed by atoms with Crippen LogP contribution in [0.3, 0.4) is 0 Å². The molecule has 3 unspecified atom stereocenters. The number of aliphatic hydroxyl groups is 2. The average Bonchev–Trinajstić information content (AvgIpc) is 1.83. The number of aliphatic hydroxyl groups excluding tert-OH is 2. The third-order valence-corrected chi connectivity index (χ3v) is 2.10. The fourth-order valence-electron chi connectivity index (χ4n) is 1.53. The van der Waals surface area contributed by atoms with Crippen molar-refractivity contribution in [2.45, 2.75) is 52.7 Å². The Morgan fingerprint density at radius 3 is 1.67 bits per heavy atom. The van der Waals surface area contributed by atoms with Crippen LogP contribution in [-0.4, -0.2) is 22.4 Å². The zero-order valence-electron chi connectivity index (χ0n) is 8.62. The number of hydrogen-bond donors (Lipinski definition) is 2. The van der Waals surface area contributed by atoms with Gasteiger partial charge in [-0.3, -0.25) is 0 Å². The molecule has 74 valence electrons. The minimum atomic E-state index is -0.304. The monoisotopic (exact) mass is 174 g/mol. The average molecular weight is 174 g/mol. The Bertz CT molecular complexity index is 98.4. The molecule has 2 heteroatoms. The quantitative estimate of drug-likeness (QED) is 0.667. The topological polar surface area (TPSA) is 40.5 Å². The van der Waals surface area contributed by atoms with Crippen LogP contribution in [-0.2, 0) is 0 Å². The minimum absolute atomic E-state index is 0.241. The van der Waals surface area contributed by atoms with Crippen molar-refractivity contribution < 1.29 is 10.2 Å². The first-order valence-corrected chi connectivity index (χ1v) is 4.79. The highest BCUT2D eigenvalue weighted by atomic mass is 16.3. The van der Waals surface area contributed by atoms with Gasteiger partial charge in [0.2, 0.25) is 0 Å². The molecule has 0 spiro atoms. The molecule has 0 aliphatic heterocycles. The third kappa shape index (κ3) is 5.56. The Morgan fingerprint density at radius 2 is 1.42 bits per heavy atom. The van der Waals surface area contributed by atoms with Crippen molar-refractivity contribution in [2.24, 2.45) is 11.8 Å². The van der Waals surface area contributed by atoms with Crippen LogP contribution in [0.15, 0.2) is 0 Å². The van der Waals surface area contributed by atoms with E-state index in [-0.39, 0.29) is 18.1 Å². The highest BCUT2D eigenvalue weighted by Crippen LogP contribution is 2.20. The molecular formula is C10H22O2. The summed E-state index contributed by atoms with van der Waals surface area (Å²) in [5.41, 5.74) is 0. The molecule has 0 saturated carbocycles. The maximum atomic E-state index is 9.40. The molecule has 0 amide bonds. The van der Waals surface area contributed by atoms with Gasteiger partial charge in [0.25, 0.3) is 0 Å². The van der Waals surface area contributed by atoms with Crippen LogP contribution in [0.5, 0.6) is 0 Å². The van der Waals surface area contributed by atoms with Gasteiger partial charge in [0.15, 0.2) is 0 Å². The van der Waals surface area contributed by atoms with E-state index in [2.05, 4.69) is 13.8 Å². The van der Waals surface area contributed by atoms with Gasteiger partial charge in [0, 0.05) is 0 Å². The van der Waals surface area contributed by atoms with Crippen LogP contribution < -0.4 is 0 Å². The predicted molar refractivity (Wildman–Crippen MR) is 50.9 cm³/mol. The molecule has 0 aromatic heterocycles. The van der Waals surface area contributed by atoms with Crippen molar-refractivity contribution >= 4 is 0 Å². The van der Waals surface area contributed by atoms with Gasteiger partial charge in [-0.15, -0.1) is 0 Å². The third-order valence-electron chi connectivity index (χ3n) is 2.10. The number of hydrogen-bond acceptors (Lipinski definition) is 2. The van der Waals surface area contributed by atoms with E-state index in [1.807, 2.05) is 0 Å².